The molecular weight excluding hydrogens is 328 g/mol. The third-order valence-electron chi connectivity index (χ3n) is 2.47. The van der Waals surface area contributed by atoms with Crippen molar-refractivity contribution in [3.8, 4) is 5.75 Å². The lowest BCUT2D eigenvalue weighted by atomic mass is 10.2. The first-order chi connectivity index (χ1) is 9.08. The summed E-state index contributed by atoms with van der Waals surface area (Å²) in [7, 11) is 1.64. The molecule has 0 atom stereocenters. The molecule has 0 saturated carbocycles. The highest BCUT2D eigenvalue weighted by atomic mass is 79.9. The third kappa shape index (κ3) is 3.84. The second kappa shape index (κ2) is 6.25. The van der Waals surface area contributed by atoms with Gasteiger partial charge in [-0.2, -0.15) is 0 Å². The Morgan fingerprint density at radius 3 is 2.89 bits per heavy atom. The number of aromatic nitrogens is 2. The Labute approximate surface area is 123 Å². The molecule has 0 aliphatic heterocycles. The van der Waals surface area contributed by atoms with Crippen LogP contribution in [-0.2, 0) is 5.75 Å². The van der Waals surface area contributed by atoms with Crippen LogP contribution < -0.4 is 10.3 Å². The minimum Gasteiger partial charge on any atom is -0.497 e. The van der Waals surface area contributed by atoms with Crippen LogP contribution >= 0.6 is 27.7 Å². The van der Waals surface area contributed by atoms with Crippen molar-refractivity contribution in [2.24, 2.45) is 0 Å². The molecule has 2 rings (SSSR count). The van der Waals surface area contributed by atoms with E-state index in [-0.39, 0.29) is 5.56 Å². The van der Waals surface area contributed by atoms with Gasteiger partial charge in [-0.25, -0.2) is 4.98 Å². The van der Waals surface area contributed by atoms with Gasteiger partial charge >= 0.3 is 0 Å². The summed E-state index contributed by atoms with van der Waals surface area (Å²) < 4.78 is 6.21. The van der Waals surface area contributed by atoms with Gasteiger partial charge in [0.25, 0.3) is 5.56 Å². The average Bonchev–Trinajstić information content (AvgIpc) is 2.37. The first-order valence-corrected chi connectivity index (χ1v) is 7.39. The lowest BCUT2D eigenvalue weighted by Gasteiger charge is -2.07. The van der Waals surface area contributed by atoms with Crippen LogP contribution in [0.2, 0.25) is 0 Å². The van der Waals surface area contributed by atoms with E-state index >= 15 is 0 Å². The molecule has 19 heavy (non-hydrogen) atoms. The van der Waals surface area contributed by atoms with Gasteiger partial charge in [0, 0.05) is 22.0 Å². The number of hydrogen-bond acceptors (Lipinski definition) is 4. The van der Waals surface area contributed by atoms with Crippen LogP contribution in [0.3, 0.4) is 0 Å². The van der Waals surface area contributed by atoms with Crippen LogP contribution in [0.15, 0.2) is 38.7 Å². The molecule has 0 radical (unpaired) electrons. The summed E-state index contributed by atoms with van der Waals surface area (Å²) in [4.78, 5) is 18.4. The fraction of sp³-hybridized carbons (Fsp3) is 0.231. The Balaban J connectivity index is 2.16. The van der Waals surface area contributed by atoms with E-state index in [1.807, 2.05) is 18.2 Å². The fourth-order valence-corrected chi connectivity index (χ4v) is 3.04. The van der Waals surface area contributed by atoms with Gasteiger partial charge in [-0.1, -0.05) is 27.7 Å². The van der Waals surface area contributed by atoms with Crippen molar-refractivity contribution in [3.63, 3.8) is 0 Å². The normalized spacial score (nSPS) is 10.5. The van der Waals surface area contributed by atoms with Crippen molar-refractivity contribution < 1.29 is 4.74 Å². The van der Waals surface area contributed by atoms with E-state index in [0.717, 1.165) is 21.5 Å². The maximum absolute atomic E-state index is 11.4. The predicted octanol–water partition coefficient (Wildman–Crippen LogP) is 3.14. The van der Waals surface area contributed by atoms with Crippen molar-refractivity contribution in [2.45, 2.75) is 17.8 Å². The van der Waals surface area contributed by atoms with Gasteiger partial charge in [0.1, 0.15) is 5.75 Å². The van der Waals surface area contributed by atoms with Crippen LogP contribution in [0.4, 0.5) is 0 Å². The van der Waals surface area contributed by atoms with Gasteiger partial charge in [0.05, 0.1) is 7.11 Å². The standard InChI is InChI=1S/C13H13BrN2O2S/c1-8-5-12(17)16-13(15-8)19-7-9-6-10(18-2)3-4-11(9)14/h3-6H,7H2,1-2H3,(H,15,16,17). The summed E-state index contributed by atoms with van der Waals surface area (Å²) in [6.07, 6.45) is 0. The number of hydrogen-bond donors (Lipinski definition) is 1. The summed E-state index contributed by atoms with van der Waals surface area (Å²) >= 11 is 4.98. The summed E-state index contributed by atoms with van der Waals surface area (Å²) in [5.74, 6) is 1.51. The Kier molecular flexibility index (Phi) is 4.66. The maximum Gasteiger partial charge on any atom is 0.251 e. The highest BCUT2D eigenvalue weighted by Gasteiger charge is 2.05. The molecule has 0 saturated heterocycles. The van der Waals surface area contributed by atoms with Gasteiger partial charge in [-0.15, -0.1) is 0 Å². The first kappa shape index (κ1) is 14.1. The molecule has 1 N–H and O–H groups in total. The van der Waals surface area contributed by atoms with Crippen molar-refractivity contribution in [3.05, 3.63) is 50.3 Å². The van der Waals surface area contributed by atoms with Crippen LogP contribution in [0.1, 0.15) is 11.3 Å². The zero-order valence-corrected chi connectivity index (χ0v) is 13.0. The van der Waals surface area contributed by atoms with Crippen LogP contribution in [0, 0.1) is 6.92 Å². The van der Waals surface area contributed by atoms with E-state index in [1.165, 1.54) is 17.8 Å². The van der Waals surface area contributed by atoms with E-state index < -0.39 is 0 Å². The molecule has 0 unspecified atom stereocenters. The number of rotatable bonds is 4. The highest BCUT2D eigenvalue weighted by Crippen LogP contribution is 2.27. The second-order valence-corrected chi connectivity index (χ2v) is 5.76. The summed E-state index contributed by atoms with van der Waals surface area (Å²) in [6.45, 7) is 1.81. The summed E-state index contributed by atoms with van der Waals surface area (Å²) in [6, 6.07) is 7.28. The molecule has 100 valence electrons. The quantitative estimate of drug-likeness (QED) is 0.686. The number of H-pyrrole nitrogens is 1. The lowest BCUT2D eigenvalue weighted by Crippen LogP contribution is -2.08. The molecule has 0 amide bonds. The molecule has 6 heteroatoms. The number of benzene rings is 1. The van der Waals surface area contributed by atoms with E-state index in [2.05, 4.69) is 25.9 Å². The van der Waals surface area contributed by atoms with Crippen molar-refractivity contribution >= 4 is 27.7 Å². The monoisotopic (exact) mass is 340 g/mol. The third-order valence-corrected chi connectivity index (χ3v) is 4.16. The number of nitrogens with zero attached hydrogens (tertiary/aromatic N) is 1. The maximum atomic E-state index is 11.4. The topological polar surface area (TPSA) is 55.0 Å². The first-order valence-electron chi connectivity index (χ1n) is 5.61. The lowest BCUT2D eigenvalue weighted by molar-refractivity contribution is 0.414. The number of thioether (sulfide) groups is 1. The molecule has 2 aromatic rings. The predicted molar refractivity (Wildman–Crippen MR) is 79.8 cm³/mol. The summed E-state index contributed by atoms with van der Waals surface area (Å²) in [5.41, 5.74) is 1.68. The number of aryl methyl sites for hydroxylation is 1. The zero-order valence-electron chi connectivity index (χ0n) is 10.6. The van der Waals surface area contributed by atoms with Crippen molar-refractivity contribution in [1.29, 1.82) is 0 Å². The number of halogens is 1. The van der Waals surface area contributed by atoms with Crippen molar-refractivity contribution in [2.75, 3.05) is 7.11 Å². The minimum absolute atomic E-state index is 0.125. The SMILES string of the molecule is COc1ccc(Br)c(CSc2nc(C)cc(=O)[nH]2)c1. The molecule has 1 heterocycles. The van der Waals surface area contributed by atoms with Gasteiger partial charge in [0.2, 0.25) is 0 Å². The van der Waals surface area contributed by atoms with Crippen LogP contribution in [0.25, 0.3) is 0 Å². The van der Waals surface area contributed by atoms with E-state index in [4.69, 9.17) is 4.74 Å². The van der Waals surface area contributed by atoms with E-state index in [0.29, 0.717) is 10.9 Å². The Morgan fingerprint density at radius 1 is 1.42 bits per heavy atom. The second-order valence-electron chi connectivity index (χ2n) is 3.94. The minimum atomic E-state index is -0.125. The molecule has 1 aromatic carbocycles. The molecule has 1 aromatic heterocycles. The average molecular weight is 341 g/mol. The number of aromatic amines is 1. The number of methoxy groups -OCH3 is 1. The Hall–Kier alpha value is -1.27. The molecule has 0 fully saturated rings. The molecule has 0 spiro atoms. The van der Waals surface area contributed by atoms with E-state index in [9.17, 15) is 4.79 Å². The Morgan fingerprint density at radius 2 is 2.21 bits per heavy atom. The van der Waals surface area contributed by atoms with E-state index in [1.54, 1.807) is 14.0 Å². The van der Waals surface area contributed by atoms with Gasteiger partial charge < -0.3 is 9.72 Å². The molecule has 0 aliphatic rings. The van der Waals surface area contributed by atoms with Gasteiger partial charge in [0.15, 0.2) is 5.16 Å². The fourth-order valence-electron chi connectivity index (χ4n) is 1.55. The summed E-state index contributed by atoms with van der Waals surface area (Å²) in [5, 5.41) is 0.625. The smallest absolute Gasteiger partial charge is 0.251 e. The van der Waals surface area contributed by atoms with Crippen LogP contribution in [0.5, 0.6) is 5.75 Å². The van der Waals surface area contributed by atoms with Crippen molar-refractivity contribution in [1.82, 2.24) is 9.97 Å². The Bertz CT molecular complexity index is 643. The largest absolute Gasteiger partial charge is 0.497 e. The molecular formula is C13H13BrN2O2S. The molecule has 0 bridgehead atoms. The highest BCUT2D eigenvalue weighted by molar-refractivity contribution is 9.10. The van der Waals surface area contributed by atoms with Gasteiger partial charge in [-0.3, -0.25) is 4.79 Å². The number of ether oxygens (including phenoxy) is 1. The zero-order chi connectivity index (χ0) is 13.8. The molecule has 4 nitrogen and oxygen atoms in total. The molecule has 0 aliphatic carbocycles. The number of nitrogens with one attached hydrogen (secondary N) is 1. The van der Waals surface area contributed by atoms with Gasteiger partial charge in [-0.05, 0) is 30.7 Å². The van der Waals surface area contributed by atoms with Crippen LogP contribution in [-0.4, -0.2) is 17.1 Å².